The normalized spacial score (nSPS) is 19.9. The first kappa shape index (κ1) is 13.0. The Kier molecular flexibility index (Phi) is 4.28. The first-order chi connectivity index (χ1) is 8.70. The molecule has 1 atom stereocenters. The summed E-state index contributed by atoms with van der Waals surface area (Å²) in [6.45, 7) is 1.96. The SMILES string of the molecule is NCCC(=O)N1CCOC(c2ccc(F)cc2)C1. The monoisotopic (exact) mass is 252 g/mol. The zero-order valence-electron chi connectivity index (χ0n) is 10.1. The van der Waals surface area contributed by atoms with Crippen LogP contribution in [0.15, 0.2) is 24.3 Å². The second-order valence-corrected chi connectivity index (χ2v) is 4.29. The summed E-state index contributed by atoms with van der Waals surface area (Å²) in [6.07, 6.45) is 0.178. The lowest BCUT2D eigenvalue weighted by atomic mass is 10.1. The van der Waals surface area contributed by atoms with Gasteiger partial charge in [0.05, 0.1) is 13.2 Å². The summed E-state index contributed by atoms with van der Waals surface area (Å²) in [6, 6.07) is 6.19. The maximum atomic E-state index is 12.8. The number of hydrogen-bond acceptors (Lipinski definition) is 3. The van der Waals surface area contributed by atoms with Crippen LogP contribution in [0.4, 0.5) is 4.39 Å². The van der Waals surface area contributed by atoms with Crippen molar-refractivity contribution >= 4 is 5.91 Å². The van der Waals surface area contributed by atoms with Gasteiger partial charge in [-0.15, -0.1) is 0 Å². The number of carbonyl (C=O) groups excluding carboxylic acids is 1. The van der Waals surface area contributed by atoms with E-state index in [4.69, 9.17) is 10.5 Å². The molecule has 2 rings (SSSR count). The molecule has 1 aliphatic rings. The summed E-state index contributed by atoms with van der Waals surface area (Å²) < 4.78 is 18.5. The quantitative estimate of drug-likeness (QED) is 0.875. The van der Waals surface area contributed by atoms with Crippen LogP contribution in [-0.2, 0) is 9.53 Å². The molecule has 0 aliphatic carbocycles. The number of ether oxygens (including phenoxy) is 1. The number of nitrogens with zero attached hydrogens (tertiary/aromatic N) is 1. The molecule has 1 heterocycles. The van der Waals surface area contributed by atoms with Gasteiger partial charge in [-0.3, -0.25) is 4.79 Å². The van der Waals surface area contributed by atoms with Crippen molar-refractivity contribution < 1.29 is 13.9 Å². The van der Waals surface area contributed by atoms with Gasteiger partial charge in [0.25, 0.3) is 0 Å². The third-order valence-electron chi connectivity index (χ3n) is 3.02. The van der Waals surface area contributed by atoms with E-state index >= 15 is 0 Å². The van der Waals surface area contributed by atoms with E-state index in [1.54, 1.807) is 17.0 Å². The highest BCUT2D eigenvalue weighted by Gasteiger charge is 2.24. The third-order valence-corrected chi connectivity index (χ3v) is 3.02. The van der Waals surface area contributed by atoms with E-state index in [2.05, 4.69) is 0 Å². The maximum absolute atomic E-state index is 12.8. The lowest BCUT2D eigenvalue weighted by Crippen LogP contribution is -2.42. The number of hydrogen-bond donors (Lipinski definition) is 1. The molecule has 1 amide bonds. The average molecular weight is 252 g/mol. The molecule has 1 fully saturated rings. The van der Waals surface area contributed by atoms with Crippen molar-refractivity contribution in [2.45, 2.75) is 12.5 Å². The molecule has 18 heavy (non-hydrogen) atoms. The molecule has 98 valence electrons. The molecule has 0 spiro atoms. The second-order valence-electron chi connectivity index (χ2n) is 4.29. The molecule has 4 nitrogen and oxygen atoms in total. The molecule has 0 bridgehead atoms. The Bertz CT molecular complexity index is 408. The molecule has 1 saturated heterocycles. The summed E-state index contributed by atoms with van der Waals surface area (Å²) in [5.41, 5.74) is 6.27. The molecule has 5 heteroatoms. The summed E-state index contributed by atoms with van der Waals surface area (Å²) in [7, 11) is 0. The minimum absolute atomic E-state index is 0.0490. The highest BCUT2D eigenvalue weighted by atomic mass is 19.1. The van der Waals surface area contributed by atoms with E-state index in [1.807, 2.05) is 0 Å². The number of carbonyl (C=O) groups is 1. The van der Waals surface area contributed by atoms with E-state index in [-0.39, 0.29) is 17.8 Å². The van der Waals surface area contributed by atoms with Crippen molar-refractivity contribution in [1.82, 2.24) is 4.90 Å². The largest absolute Gasteiger partial charge is 0.370 e. The van der Waals surface area contributed by atoms with E-state index in [1.165, 1.54) is 12.1 Å². The van der Waals surface area contributed by atoms with Gasteiger partial charge in [0.2, 0.25) is 5.91 Å². The Hall–Kier alpha value is -1.46. The van der Waals surface area contributed by atoms with Crippen LogP contribution in [-0.4, -0.2) is 37.0 Å². The Balaban J connectivity index is 2.02. The Morgan fingerprint density at radius 1 is 1.44 bits per heavy atom. The molecule has 1 aromatic rings. The van der Waals surface area contributed by atoms with Crippen molar-refractivity contribution in [3.8, 4) is 0 Å². The zero-order chi connectivity index (χ0) is 13.0. The fourth-order valence-corrected chi connectivity index (χ4v) is 2.04. The van der Waals surface area contributed by atoms with Crippen LogP contribution >= 0.6 is 0 Å². The van der Waals surface area contributed by atoms with Gasteiger partial charge in [-0.25, -0.2) is 4.39 Å². The Morgan fingerprint density at radius 3 is 2.83 bits per heavy atom. The number of nitrogens with two attached hydrogens (primary N) is 1. The lowest BCUT2D eigenvalue weighted by molar-refractivity contribution is -0.138. The number of amides is 1. The molecule has 0 radical (unpaired) electrons. The molecule has 1 aromatic carbocycles. The number of rotatable bonds is 3. The van der Waals surface area contributed by atoms with E-state index in [0.717, 1.165) is 5.56 Å². The summed E-state index contributed by atoms with van der Waals surface area (Å²) in [5.74, 6) is -0.224. The van der Waals surface area contributed by atoms with Crippen LogP contribution in [0.2, 0.25) is 0 Å². The van der Waals surface area contributed by atoms with Crippen molar-refractivity contribution in [3.63, 3.8) is 0 Å². The van der Waals surface area contributed by atoms with Gasteiger partial charge in [0, 0.05) is 19.5 Å². The van der Waals surface area contributed by atoms with Gasteiger partial charge in [-0.05, 0) is 17.7 Å². The molecule has 0 aromatic heterocycles. The molecule has 1 unspecified atom stereocenters. The minimum atomic E-state index is -0.273. The van der Waals surface area contributed by atoms with Crippen LogP contribution < -0.4 is 5.73 Å². The first-order valence-corrected chi connectivity index (χ1v) is 6.05. The Labute approximate surface area is 106 Å². The van der Waals surface area contributed by atoms with Crippen molar-refractivity contribution in [2.24, 2.45) is 5.73 Å². The van der Waals surface area contributed by atoms with Crippen LogP contribution in [0.5, 0.6) is 0 Å². The third kappa shape index (κ3) is 3.05. The average Bonchev–Trinajstić information content (AvgIpc) is 2.40. The summed E-state index contributed by atoms with van der Waals surface area (Å²) in [4.78, 5) is 13.5. The Morgan fingerprint density at radius 2 is 2.17 bits per heavy atom. The molecule has 0 saturated carbocycles. The van der Waals surface area contributed by atoms with Gasteiger partial charge in [-0.2, -0.15) is 0 Å². The number of benzene rings is 1. The van der Waals surface area contributed by atoms with Gasteiger partial charge in [0.1, 0.15) is 11.9 Å². The molecular formula is C13H17FN2O2. The van der Waals surface area contributed by atoms with Crippen LogP contribution in [0.3, 0.4) is 0 Å². The second kappa shape index (κ2) is 5.93. The maximum Gasteiger partial charge on any atom is 0.224 e. The van der Waals surface area contributed by atoms with Crippen molar-refractivity contribution in [3.05, 3.63) is 35.6 Å². The van der Waals surface area contributed by atoms with Gasteiger partial charge < -0.3 is 15.4 Å². The van der Waals surface area contributed by atoms with Gasteiger partial charge >= 0.3 is 0 Å². The van der Waals surface area contributed by atoms with Crippen LogP contribution in [0, 0.1) is 5.82 Å². The standard InChI is InChI=1S/C13H17FN2O2/c14-11-3-1-10(2-4-11)12-9-16(7-8-18-12)13(17)5-6-15/h1-4,12H,5-9,15H2. The summed E-state index contributed by atoms with van der Waals surface area (Å²) >= 11 is 0. The first-order valence-electron chi connectivity index (χ1n) is 6.05. The van der Waals surface area contributed by atoms with Gasteiger partial charge in [0.15, 0.2) is 0 Å². The predicted octanol–water partition coefficient (Wildman–Crippen LogP) is 1.07. The highest BCUT2D eigenvalue weighted by molar-refractivity contribution is 5.76. The predicted molar refractivity (Wildman–Crippen MR) is 65.3 cm³/mol. The van der Waals surface area contributed by atoms with Crippen LogP contribution in [0.1, 0.15) is 18.1 Å². The minimum Gasteiger partial charge on any atom is -0.370 e. The van der Waals surface area contributed by atoms with Crippen molar-refractivity contribution in [2.75, 3.05) is 26.2 Å². The fourth-order valence-electron chi connectivity index (χ4n) is 2.04. The van der Waals surface area contributed by atoms with Gasteiger partial charge in [-0.1, -0.05) is 12.1 Å². The highest BCUT2D eigenvalue weighted by Crippen LogP contribution is 2.22. The fraction of sp³-hybridized carbons (Fsp3) is 0.462. The molecule has 2 N–H and O–H groups in total. The topological polar surface area (TPSA) is 55.6 Å². The lowest BCUT2D eigenvalue weighted by Gasteiger charge is -2.33. The van der Waals surface area contributed by atoms with Crippen molar-refractivity contribution in [1.29, 1.82) is 0 Å². The number of morpholine rings is 1. The smallest absolute Gasteiger partial charge is 0.224 e. The van der Waals surface area contributed by atoms with Crippen LogP contribution in [0.25, 0.3) is 0 Å². The summed E-state index contributed by atoms with van der Waals surface area (Å²) in [5, 5.41) is 0. The molecular weight excluding hydrogens is 235 g/mol. The zero-order valence-corrected chi connectivity index (χ0v) is 10.1. The van der Waals surface area contributed by atoms with E-state index in [0.29, 0.717) is 32.7 Å². The molecule has 1 aliphatic heterocycles. The van der Waals surface area contributed by atoms with E-state index in [9.17, 15) is 9.18 Å². The number of halogens is 1. The van der Waals surface area contributed by atoms with E-state index < -0.39 is 0 Å².